The zero-order valence-corrected chi connectivity index (χ0v) is 14.2. The fourth-order valence-electron chi connectivity index (χ4n) is 2.21. The van der Waals surface area contributed by atoms with Gasteiger partial charge in [0.2, 0.25) is 0 Å². The summed E-state index contributed by atoms with van der Waals surface area (Å²) in [6, 6.07) is 6.74. The molecule has 2 nitrogen and oxygen atoms in total. The van der Waals surface area contributed by atoms with Crippen molar-refractivity contribution in [3.63, 3.8) is 0 Å². The van der Waals surface area contributed by atoms with E-state index in [0.29, 0.717) is 16.9 Å². The molecule has 0 bridgehead atoms. The van der Waals surface area contributed by atoms with Gasteiger partial charge in [-0.05, 0) is 68.7 Å². The zero-order chi connectivity index (χ0) is 15.7. The Morgan fingerprint density at radius 1 is 1.05 bits per heavy atom. The third-order valence-electron chi connectivity index (χ3n) is 3.42. The van der Waals surface area contributed by atoms with Crippen LogP contribution in [0.4, 0.5) is 4.39 Å². The van der Waals surface area contributed by atoms with E-state index in [2.05, 4.69) is 15.9 Å². The average Bonchev–Trinajstić information content (AvgIpc) is 2.39. The van der Waals surface area contributed by atoms with E-state index < -0.39 is 0 Å². The number of halogens is 2. The number of hydrogen-bond donors (Lipinski definition) is 1. The maximum atomic E-state index is 13.7. The summed E-state index contributed by atoms with van der Waals surface area (Å²) in [4.78, 5) is 0. The highest BCUT2D eigenvalue weighted by Crippen LogP contribution is 2.34. The summed E-state index contributed by atoms with van der Waals surface area (Å²) in [5.74, 6) is 1.06. The predicted octanol–water partition coefficient (Wildman–Crippen LogP) is 5.33. The van der Waals surface area contributed by atoms with Gasteiger partial charge >= 0.3 is 0 Å². The topological polar surface area (TPSA) is 35.2 Å². The molecular formula is C17H19BrFNO. The summed E-state index contributed by atoms with van der Waals surface area (Å²) >= 11 is 3.53. The Balaban J connectivity index is 2.46. The first-order valence-electron chi connectivity index (χ1n) is 6.79. The van der Waals surface area contributed by atoms with E-state index in [1.54, 1.807) is 13.0 Å². The minimum absolute atomic E-state index is 0.266. The number of nitrogens with two attached hydrogens (primary N) is 1. The lowest BCUT2D eigenvalue weighted by Gasteiger charge is -2.16. The first-order chi connectivity index (χ1) is 9.79. The minimum Gasteiger partial charge on any atom is -0.457 e. The highest BCUT2D eigenvalue weighted by molar-refractivity contribution is 9.10. The van der Waals surface area contributed by atoms with Gasteiger partial charge in [0.1, 0.15) is 17.3 Å². The zero-order valence-electron chi connectivity index (χ0n) is 12.6. The maximum absolute atomic E-state index is 13.7. The van der Waals surface area contributed by atoms with E-state index in [1.165, 1.54) is 6.07 Å². The fraction of sp³-hybridized carbons (Fsp3) is 0.294. The smallest absolute Gasteiger partial charge is 0.132 e. The van der Waals surface area contributed by atoms with Crippen molar-refractivity contribution in [1.82, 2.24) is 0 Å². The van der Waals surface area contributed by atoms with Gasteiger partial charge in [0, 0.05) is 16.1 Å². The van der Waals surface area contributed by atoms with Crippen molar-refractivity contribution in [3.8, 4) is 11.5 Å². The molecule has 2 aromatic carbocycles. The van der Waals surface area contributed by atoms with Crippen molar-refractivity contribution in [3.05, 3.63) is 56.8 Å². The van der Waals surface area contributed by atoms with Crippen molar-refractivity contribution in [2.45, 2.75) is 33.7 Å². The van der Waals surface area contributed by atoms with Crippen LogP contribution in [-0.2, 0) is 0 Å². The summed E-state index contributed by atoms with van der Waals surface area (Å²) in [5, 5.41) is 0. The van der Waals surface area contributed by atoms with Crippen LogP contribution in [0.15, 0.2) is 28.7 Å². The number of benzene rings is 2. The fourth-order valence-corrected chi connectivity index (χ4v) is 2.44. The summed E-state index contributed by atoms with van der Waals surface area (Å²) < 4.78 is 20.7. The lowest BCUT2D eigenvalue weighted by Crippen LogP contribution is -2.08. The van der Waals surface area contributed by atoms with Crippen LogP contribution in [0, 0.1) is 26.6 Å². The lowest BCUT2D eigenvalue weighted by atomic mass is 10.0. The first kappa shape index (κ1) is 16.0. The Kier molecular flexibility index (Phi) is 4.69. The van der Waals surface area contributed by atoms with Crippen molar-refractivity contribution < 1.29 is 9.13 Å². The molecule has 0 spiro atoms. The molecule has 112 valence electrons. The molecule has 0 aliphatic rings. The Hall–Kier alpha value is -1.39. The SMILES string of the molecule is Cc1cc(Oc2cc(C)c(Br)c(C)c2)c([C@H](C)N)cc1F. The van der Waals surface area contributed by atoms with Gasteiger partial charge in [0.15, 0.2) is 0 Å². The largest absolute Gasteiger partial charge is 0.457 e. The second-order valence-electron chi connectivity index (χ2n) is 5.40. The van der Waals surface area contributed by atoms with E-state index in [0.717, 1.165) is 21.3 Å². The van der Waals surface area contributed by atoms with Crippen LogP contribution in [0.3, 0.4) is 0 Å². The van der Waals surface area contributed by atoms with E-state index in [1.807, 2.05) is 32.9 Å². The molecule has 0 fully saturated rings. The molecule has 0 aliphatic carbocycles. The summed E-state index contributed by atoms with van der Waals surface area (Å²) in [6.07, 6.45) is 0. The molecule has 2 rings (SSSR count). The van der Waals surface area contributed by atoms with Crippen LogP contribution in [0.25, 0.3) is 0 Å². The molecule has 4 heteroatoms. The third-order valence-corrected chi connectivity index (χ3v) is 4.67. The third kappa shape index (κ3) is 3.44. The van der Waals surface area contributed by atoms with Crippen molar-refractivity contribution in [2.75, 3.05) is 0 Å². The number of hydrogen-bond acceptors (Lipinski definition) is 2. The quantitative estimate of drug-likeness (QED) is 0.811. The summed E-state index contributed by atoms with van der Waals surface area (Å²) in [6.45, 7) is 7.54. The Bertz CT molecular complexity index is 660. The molecule has 2 aromatic rings. The second-order valence-corrected chi connectivity index (χ2v) is 6.19. The van der Waals surface area contributed by atoms with E-state index in [4.69, 9.17) is 10.5 Å². The van der Waals surface area contributed by atoms with Crippen LogP contribution < -0.4 is 10.5 Å². The number of rotatable bonds is 3. The van der Waals surface area contributed by atoms with Gasteiger partial charge in [-0.3, -0.25) is 0 Å². The van der Waals surface area contributed by atoms with Gasteiger partial charge < -0.3 is 10.5 Å². The number of aryl methyl sites for hydroxylation is 3. The molecule has 0 unspecified atom stereocenters. The molecule has 0 saturated heterocycles. The molecular weight excluding hydrogens is 333 g/mol. The minimum atomic E-state index is -0.298. The molecule has 0 aliphatic heterocycles. The van der Waals surface area contributed by atoms with Crippen LogP contribution in [0.2, 0.25) is 0 Å². The van der Waals surface area contributed by atoms with Gasteiger partial charge in [-0.15, -0.1) is 0 Å². The molecule has 0 heterocycles. The molecule has 0 amide bonds. The average molecular weight is 352 g/mol. The van der Waals surface area contributed by atoms with Gasteiger partial charge in [-0.25, -0.2) is 4.39 Å². The summed E-state index contributed by atoms with van der Waals surface area (Å²) in [5.41, 5.74) is 9.30. The Labute approximate surface area is 133 Å². The normalized spacial score (nSPS) is 12.3. The van der Waals surface area contributed by atoms with E-state index in [-0.39, 0.29) is 11.9 Å². The van der Waals surface area contributed by atoms with Crippen molar-refractivity contribution in [2.24, 2.45) is 5.73 Å². The maximum Gasteiger partial charge on any atom is 0.132 e. The van der Waals surface area contributed by atoms with Crippen LogP contribution in [0.5, 0.6) is 11.5 Å². The first-order valence-corrected chi connectivity index (χ1v) is 7.59. The van der Waals surface area contributed by atoms with Gasteiger partial charge in [0.25, 0.3) is 0 Å². The van der Waals surface area contributed by atoms with Crippen molar-refractivity contribution >= 4 is 15.9 Å². The van der Waals surface area contributed by atoms with Crippen LogP contribution >= 0.6 is 15.9 Å². The molecule has 0 radical (unpaired) electrons. The lowest BCUT2D eigenvalue weighted by molar-refractivity contribution is 0.467. The Morgan fingerprint density at radius 2 is 1.62 bits per heavy atom. The van der Waals surface area contributed by atoms with E-state index in [9.17, 15) is 4.39 Å². The number of ether oxygens (including phenoxy) is 1. The molecule has 1 atom stereocenters. The van der Waals surface area contributed by atoms with Crippen LogP contribution in [0.1, 0.15) is 35.2 Å². The van der Waals surface area contributed by atoms with Crippen molar-refractivity contribution in [1.29, 1.82) is 0 Å². The second kappa shape index (κ2) is 6.16. The molecule has 0 aromatic heterocycles. The molecule has 2 N–H and O–H groups in total. The highest BCUT2D eigenvalue weighted by atomic mass is 79.9. The summed E-state index contributed by atoms with van der Waals surface area (Å²) in [7, 11) is 0. The molecule has 21 heavy (non-hydrogen) atoms. The monoisotopic (exact) mass is 351 g/mol. The highest BCUT2D eigenvalue weighted by Gasteiger charge is 2.14. The van der Waals surface area contributed by atoms with Crippen LogP contribution in [-0.4, -0.2) is 0 Å². The molecule has 0 saturated carbocycles. The predicted molar refractivity (Wildman–Crippen MR) is 87.4 cm³/mol. The van der Waals surface area contributed by atoms with Gasteiger partial charge in [0.05, 0.1) is 0 Å². The Morgan fingerprint density at radius 3 is 2.14 bits per heavy atom. The van der Waals surface area contributed by atoms with Gasteiger partial charge in [-0.1, -0.05) is 15.9 Å². The van der Waals surface area contributed by atoms with Gasteiger partial charge in [-0.2, -0.15) is 0 Å². The standard InChI is InChI=1S/C17H19BrFNO/c1-9-7-16(14(12(4)20)8-15(9)19)21-13-5-10(2)17(18)11(3)6-13/h5-8,12H,20H2,1-4H3/t12-/m0/s1. The van der Waals surface area contributed by atoms with E-state index >= 15 is 0 Å².